The topological polar surface area (TPSA) is 35.2 Å². The van der Waals surface area contributed by atoms with Crippen LogP contribution < -0.4 is 10.5 Å². The lowest BCUT2D eigenvalue weighted by molar-refractivity contribution is 0.475. The molecule has 0 aliphatic rings. The highest BCUT2D eigenvalue weighted by molar-refractivity contribution is 6.32. The van der Waals surface area contributed by atoms with Crippen molar-refractivity contribution in [3.05, 3.63) is 57.1 Å². The molecule has 0 unspecified atom stereocenters. The van der Waals surface area contributed by atoms with E-state index in [0.717, 1.165) is 33.9 Å². The highest BCUT2D eigenvalue weighted by Gasteiger charge is 2.11. The van der Waals surface area contributed by atoms with Gasteiger partial charge in [0.15, 0.2) is 0 Å². The second-order valence-corrected chi connectivity index (χ2v) is 5.53. The van der Waals surface area contributed by atoms with Crippen LogP contribution in [0.4, 0.5) is 0 Å². The average molecular weight is 310 g/mol. The predicted molar refractivity (Wildman–Crippen MR) is 85.2 cm³/mol. The number of nitrogens with two attached hydrogens (primary N) is 1. The standard InChI is InChI=1S/C16H17Cl2NO/c1-10-8-13(9-11(2)15(10)18)20-16-12(6-7-19)4-3-5-14(16)17/h3-5,8-9H,6-7,19H2,1-2H3. The van der Waals surface area contributed by atoms with Crippen LogP contribution in [-0.2, 0) is 6.42 Å². The third-order valence-electron chi connectivity index (χ3n) is 3.09. The van der Waals surface area contributed by atoms with Crippen LogP contribution in [0.15, 0.2) is 30.3 Å². The minimum Gasteiger partial charge on any atom is -0.455 e. The van der Waals surface area contributed by atoms with Crippen LogP contribution in [0.25, 0.3) is 0 Å². The van der Waals surface area contributed by atoms with Crippen molar-refractivity contribution in [2.45, 2.75) is 20.3 Å². The van der Waals surface area contributed by atoms with Crippen molar-refractivity contribution in [2.24, 2.45) is 5.73 Å². The third kappa shape index (κ3) is 3.26. The summed E-state index contributed by atoms with van der Waals surface area (Å²) in [5.41, 5.74) is 8.59. The molecule has 0 saturated heterocycles. The van der Waals surface area contributed by atoms with E-state index in [-0.39, 0.29) is 0 Å². The van der Waals surface area contributed by atoms with Gasteiger partial charge in [-0.15, -0.1) is 0 Å². The Hall–Kier alpha value is -1.22. The van der Waals surface area contributed by atoms with Crippen LogP contribution in [0.5, 0.6) is 11.5 Å². The Labute approximate surface area is 129 Å². The zero-order valence-electron chi connectivity index (χ0n) is 11.5. The van der Waals surface area contributed by atoms with Crippen LogP contribution in [0.1, 0.15) is 16.7 Å². The summed E-state index contributed by atoms with van der Waals surface area (Å²) in [4.78, 5) is 0. The van der Waals surface area contributed by atoms with Gasteiger partial charge in [-0.1, -0.05) is 35.3 Å². The molecule has 0 aliphatic carbocycles. The van der Waals surface area contributed by atoms with Gasteiger partial charge in [0, 0.05) is 5.02 Å². The second-order valence-electron chi connectivity index (χ2n) is 4.74. The summed E-state index contributed by atoms with van der Waals surface area (Å²) < 4.78 is 5.96. The normalized spacial score (nSPS) is 10.7. The Morgan fingerprint density at radius 1 is 1.10 bits per heavy atom. The molecule has 2 rings (SSSR count). The molecular weight excluding hydrogens is 293 g/mol. The number of halogens is 2. The van der Waals surface area contributed by atoms with Gasteiger partial charge >= 0.3 is 0 Å². The van der Waals surface area contributed by atoms with Crippen molar-refractivity contribution in [2.75, 3.05) is 6.54 Å². The lowest BCUT2D eigenvalue weighted by Crippen LogP contribution is -2.04. The number of hydrogen-bond acceptors (Lipinski definition) is 2. The lowest BCUT2D eigenvalue weighted by atomic mass is 10.1. The molecule has 0 bridgehead atoms. The van der Waals surface area contributed by atoms with E-state index in [2.05, 4.69) is 0 Å². The smallest absolute Gasteiger partial charge is 0.149 e. The predicted octanol–water partition coefficient (Wildman–Crippen LogP) is 4.90. The van der Waals surface area contributed by atoms with E-state index >= 15 is 0 Å². The lowest BCUT2D eigenvalue weighted by Gasteiger charge is -2.14. The number of rotatable bonds is 4. The average Bonchev–Trinajstić information content (AvgIpc) is 2.40. The summed E-state index contributed by atoms with van der Waals surface area (Å²) in [6.07, 6.45) is 0.724. The molecule has 4 heteroatoms. The summed E-state index contributed by atoms with van der Waals surface area (Å²) in [5, 5.41) is 1.35. The Morgan fingerprint density at radius 3 is 2.35 bits per heavy atom. The van der Waals surface area contributed by atoms with Gasteiger partial charge in [-0.2, -0.15) is 0 Å². The maximum Gasteiger partial charge on any atom is 0.149 e. The monoisotopic (exact) mass is 309 g/mol. The molecule has 0 atom stereocenters. The zero-order chi connectivity index (χ0) is 14.7. The molecule has 0 aliphatic heterocycles. The first kappa shape index (κ1) is 15.2. The molecule has 0 heterocycles. The third-order valence-corrected chi connectivity index (χ3v) is 3.99. The second kappa shape index (κ2) is 6.49. The van der Waals surface area contributed by atoms with Gasteiger partial charge in [-0.25, -0.2) is 0 Å². The quantitative estimate of drug-likeness (QED) is 0.871. The van der Waals surface area contributed by atoms with Crippen molar-refractivity contribution in [3.8, 4) is 11.5 Å². The molecule has 2 aromatic carbocycles. The van der Waals surface area contributed by atoms with Crippen molar-refractivity contribution in [3.63, 3.8) is 0 Å². The van der Waals surface area contributed by atoms with E-state index in [0.29, 0.717) is 17.3 Å². The van der Waals surface area contributed by atoms with E-state index in [1.54, 1.807) is 0 Å². The maximum atomic E-state index is 6.23. The zero-order valence-corrected chi connectivity index (χ0v) is 13.1. The minimum atomic E-state index is 0.551. The van der Waals surface area contributed by atoms with Crippen molar-refractivity contribution >= 4 is 23.2 Å². The van der Waals surface area contributed by atoms with E-state index in [1.807, 2.05) is 44.2 Å². The van der Waals surface area contributed by atoms with Crippen molar-refractivity contribution in [1.29, 1.82) is 0 Å². The van der Waals surface area contributed by atoms with E-state index < -0.39 is 0 Å². The molecule has 20 heavy (non-hydrogen) atoms. The molecule has 0 aromatic heterocycles. The van der Waals surface area contributed by atoms with Gasteiger partial charge in [0.25, 0.3) is 0 Å². The number of ether oxygens (including phenoxy) is 1. The fourth-order valence-corrected chi connectivity index (χ4v) is 2.44. The number of hydrogen-bond donors (Lipinski definition) is 1. The van der Waals surface area contributed by atoms with Gasteiger partial charge < -0.3 is 10.5 Å². The first-order valence-corrected chi connectivity index (χ1v) is 7.20. The summed E-state index contributed by atoms with van der Waals surface area (Å²) in [6.45, 7) is 4.46. The van der Waals surface area contributed by atoms with E-state index in [4.69, 9.17) is 33.7 Å². The highest BCUT2D eigenvalue weighted by atomic mass is 35.5. The number of benzene rings is 2. The van der Waals surface area contributed by atoms with Crippen molar-refractivity contribution in [1.82, 2.24) is 0 Å². The molecule has 0 saturated carbocycles. The molecule has 0 radical (unpaired) electrons. The fourth-order valence-electron chi connectivity index (χ4n) is 2.10. The maximum absolute atomic E-state index is 6.23. The summed E-state index contributed by atoms with van der Waals surface area (Å²) in [7, 11) is 0. The summed E-state index contributed by atoms with van der Waals surface area (Å²) in [5.74, 6) is 1.40. The van der Waals surface area contributed by atoms with Crippen molar-refractivity contribution < 1.29 is 4.74 Å². The van der Waals surface area contributed by atoms with Crippen LogP contribution in [0.3, 0.4) is 0 Å². The molecule has 106 valence electrons. The van der Waals surface area contributed by atoms with E-state index in [9.17, 15) is 0 Å². The van der Waals surface area contributed by atoms with Crippen LogP contribution in [0.2, 0.25) is 10.0 Å². The number of aryl methyl sites for hydroxylation is 2. The first-order valence-electron chi connectivity index (χ1n) is 6.45. The highest BCUT2D eigenvalue weighted by Crippen LogP contribution is 2.35. The molecule has 0 fully saturated rings. The molecule has 2 N–H and O–H groups in total. The largest absolute Gasteiger partial charge is 0.455 e. The molecule has 2 aromatic rings. The Bertz CT molecular complexity index is 603. The first-order chi connectivity index (χ1) is 9.52. The molecule has 0 spiro atoms. The fraction of sp³-hybridized carbons (Fsp3) is 0.250. The Morgan fingerprint density at radius 2 is 1.75 bits per heavy atom. The minimum absolute atomic E-state index is 0.551. The van der Waals surface area contributed by atoms with Gasteiger partial charge in [0.05, 0.1) is 5.02 Å². The van der Waals surface area contributed by atoms with Gasteiger partial charge in [0.2, 0.25) is 0 Å². The van der Waals surface area contributed by atoms with Gasteiger partial charge in [-0.05, 0) is 61.7 Å². The summed E-state index contributed by atoms with van der Waals surface area (Å²) in [6, 6.07) is 9.50. The molecule has 0 amide bonds. The van der Waals surface area contributed by atoms with E-state index in [1.165, 1.54) is 0 Å². The Balaban J connectivity index is 2.39. The van der Waals surface area contributed by atoms with Crippen LogP contribution >= 0.6 is 23.2 Å². The SMILES string of the molecule is Cc1cc(Oc2c(Cl)cccc2CCN)cc(C)c1Cl. The van der Waals surface area contributed by atoms with Crippen LogP contribution in [-0.4, -0.2) is 6.54 Å². The van der Waals surface area contributed by atoms with Gasteiger partial charge in [-0.3, -0.25) is 0 Å². The number of para-hydroxylation sites is 1. The molecule has 2 nitrogen and oxygen atoms in total. The summed E-state index contributed by atoms with van der Waals surface area (Å²) >= 11 is 12.4. The molecular formula is C16H17Cl2NO. The van der Waals surface area contributed by atoms with Crippen LogP contribution in [0, 0.1) is 13.8 Å². The van der Waals surface area contributed by atoms with Gasteiger partial charge in [0.1, 0.15) is 11.5 Å². The Kier molecular flexibility index (Phi) is 4.92.